The summed E-state index contributed by atoms with van der Waals surface area (Å²) in [5, 5.41) is 9.47. The van der Waals surface area contributed by atoms with Crippen molar-refractivity contribution < 1.29 is 14.6 Å². The summed E-state index contributed by atoms with van der Waals surface area (Å²) < 4.78 is 9.05. The first kappa shape index (κ1) is 20.9. The number of hydrogen-bond acceptors (Lipinski definition) is 4. The van der Waals surface area contributed by atoms with Crippen LogP contribution in [0.5, 0.6) is 0 Å². The van der Waals surface area contributed by atoms with Crippen LogP contribution >= 0.6 is 11.6 Å². The summed E-state index contributed by atoms with van der Waals surface area (Å²) in [5.41, 5.74) is 1.02. The molecule has 0 aromatic carbocycles. The minimum absolute atomic E-state index is 0.111. The maximum absolute atomic E-state index is 13.1. The molecule has 1 aliphatic heterocycles. The number of carboxylic acid groups (broad SMARTS) is 1. The van der Waals surface area contributed by atoms with Gasteiger partial charge in [0.15, 0.2) is 5.65 Å². The molecular weight excluding hydrogens is 400 g/mol. The molecule has 2 aromatic rings. The maximum Gasteiger partial charge on any atom is 0.407 e. The van der Waals surface area contributed by atoms with E-state index in [4.69, 9.17) is 21.4 Å². The standard InChI is InChI=1S/C18H27ClN4O4Si/c1-28(2,3)11-10-27-12-22-14-4-5-15(19)20-16(14)23(17(22)24)13-6-8-21(9-7-13)18(25)26/h4-5,13H,6-12H2,1-3H3,(H,25,26). The summed E-state index contributed by atoms with van der Waals surface area (Å²) in [5.74, 6) is 0. The van der Waals surface area contributed by atoms with Crippen LogP contribution < -0.4 is 5.69 Å². The van der Waals surface area contributed by atoms with Gasteiger partial charge in [0.1, 0.15) is 11.9 Å². The lowest BCUT2D eigenvalue weighted by Crippen LogP contribution is -2.40. The Bertz CT molecular complexity index is 913. The third kappa shape index (κ3) is 4.58. The summed E-state index contributed by atoms with van der Waals surface area (Å²) in [4.78, 5) is 30.1. The van der Waals surface area contributed by atoms with E-state index in [1.807, 2.05) is 0 Å². The number of aromatic nitrogens is 3. The lowest BCUT2D eigenvalue weighted by molar-refractivity contribution is 0.0863. The second-order valence-corrected chi connectivity index (χ2v) is 14.4. The number of rotatable bonds is 6. The summed E-state index contributed by atoms with van der Waals surface area (Å²) >= 11 is 6.08. The molecule has 3 heterocycles. The average Bonchev–Trinajstić information content (AvgIpc) is 2.89. The van der Waals surface area contributed by atoms with E-state index in [2.05, 4.69) is 24.6 Å². The number of fused-ring (bicyclic) bond motifs is 1. The van der Waals surface area contributed by atoms with E-state index in [9.17, 15) is 9.59 Å². The zero-order valence-corrected chi connectivity index (χ0v) is 18.3. The van der Waals surface area contributed by atoms with E-state index in [-0.39, 0.29) is 18.5 Å². The van der Waals surface area contributed by atoms with Crippen LogP contribution in [0.25, 0.3) is 11.2 Å². The van der Waals surface area contributed by atoms with Crippen LogP contribution in [-0.4, -0.2) is 58.0 Å². The molecule has 0 spiro atoms. The summed E-state index contributed by atoms with van der Waals surface area (Å²) in [6, 6.07) is 4.37. The summed E-state index contributed by atoms with van der Waals surface area (Å²) in [6.45, 7) is 8.42. The molecule has 3 rings (SSSR count). The molecule has 10 heteroatoms. The molecule has 0 radical (unpaired) electrons. The van der Waals surface area contributed by atoms with Gasteiger partial charge >= 0.3 is 11.8 Å². The van der Waals surface area contributed by atoms with Crippen molar-refractivity contribution in [2.75, 3.05) is 19.7 Å². The van der Waals surface area contributed by atoms with Crippen LogP contribution in [0.1, 0.15) is 18.9 Å². The van der Waals surface area contributed by atoms with Gasteiger partial charge in [-0.05, 0) is 31.0 Å². The summed E-state index contributed by atoms with van der Waals surface area (Å²) in [6.07, 6.45) is 0.205. The van der Waals surface area contributed by atoms with Gasteiger partial charge in [0.25, 0.3) is 0 Å². The largest absolute Gasteiger partial charge is 0.465 e. The molecule has 1 aliphatic rings. The second kappa shape index (κ2) is 8.26. The van der Waals surface area contributed by atoms with E-state index in [0.29, 0.717) is 48.9 Å². The van der Waals surface area contributed by atoms with Crippen LogP contribution in [-0.2, 0) is 11.5 Å². The van der Waals surface area contributed by atoms with Crippen molar-refractivity contribution in [2.24, 2.45) is 0 Å². The quantitative estimate of drug-likeness (QED) is 0.434. The minimum atomic E-state index is -1.21. The van der Waals surface area contributed by atoms with Gasteiger partial charge in [-0.1, -0.05) is 31.2 Å². The molecule has 154 valence electrons. The molecule has 8 nitrogen and oxygen atoms in total. The molecule has 1 N–H and O–H groups in total. The Labute approximate surface area is 169 Å². The zero-order valence-electron chi connectivity index (χ0n) is 16.5. The second-order valence-electron chi connectivity index (χ2n) is 8.41. The normalized spacial score (nSPS) is 16.1. The van der Waals surface area contributed by atoms with Gasteiger partial charge in [-0.2, -0.15) is 0 Å². The molecule has 1 saturated heterocycles. The highest BCUT2D eigenvalue weighted by Crippen LogP contribution is 2.26. The number of nitrogens with zero attached hydrogens (tertiary/aromatic N) is 4. The van der Waals surface area contributed by atoms with E-state index in [1.54, 1.807) is 21.3 Å². The molecule has 0 atom stereocenters. The van der Waals surface area contributed by atoms with Crippen LogP contribution in [0.3, 0.4) is 0 Å². The van der Waals surface area contributed by atoms with Crippen LogP contribution in [0, 0.1) is 0 Å². The predicted octanol–water partition coefficient (Wildman–Crippen LogP) is 3.48. The Morgan fingerprint density at radius 3 is 2.61 bits per heavy atom. The number of halogens is 1. The van der Waals surface area contributed by atoms with Crippen molar-refractivity contribution in [3.05, 3.63) is 27.8 Å². The number of likely N-dealkylation sites (tertiary alicyclic amines) is 1. The van der Waals surface area contributed by atoms with Gasteiger partial charge in [0.2, 0.25) is 0 Å². The number of carbonyl (C=O) groups is 1. The first-order valence-corrected chi connectivity index (χ1v) is 13.6. The third-order valence-corrected chi connectivity index (χ3v) is 7.01. The maximum atomic E-state index is 13.1. The van der Waals surface area contributed by atoms with Gasteiger partial charge in [0.05, 0.1) is 5.52 Å². The van der Waals surface area contributed by atoms with Gasteiger partial charge in [-0.25, -0.2) is 14.6 Å². The van der Waals surface area contributed by atoms with Crippen LogP contribution in [0.2, 0.25) is 30.8 Å². The van der Waals surface area contributed by atoms with Crippen LogP contribution in [0.15, 0.2) is 16.9 Å². The number of piperidine rings is 1. The molecule has 0 saturated carbocycles. The Morgan fingerprint density at radius 1 is 1.32 bits per heavy atom. The highest BCUT2D eigenvalue weighted by atomic mass is 35.5. The average molecular weight is 427 g/mol. The number of ether oxygens (including phenoxy) is 1. The van der Waals surface area contributed by atoms with Crippen molar-refractivity contribution in [1.29, 1.82) is 0 Å². The van der Waals surface area contributed by atoms with Crippen molar-refractivity contribution in [2.45, 2.75) is 51.3 Å². The van der Waals surface area contributed by atoms with Crippen LogP contribution in [0.4, 0.5) is 4.79 Å². The molecular formula is C18H27ClN4O4Si. The van der Waals surface area contributed by atoms with Crippen molar-refractivity contribution >= 4 is 36.9 Å². The Hall–Kier alpha value is -1.84. The first-order valence-electron chi connectivity index (χ1n) is 9.50. The Kier molecular flexibility index (Phi) is 6.16. The van der Waals surface area contributed by atoms with Gasteiger partial charge in [-0.15, -0.1) is 0 Å². The summed E-state index contributed by atoms with van der Waals surface area (Å²) in [7, 11) is -1.21. The molecule has 0 unspecified atom stereocenters. The van der Waals surface area contributed by atoms with Crippen molar-refractivity contribution in [3.63, 3.8) is 0 Å². The molecule has 0 bridgehead atoms. The minimum Gasteiger partial charge on any atom is -0.465 e. The van der Waals surface area contributed by atoms with Gasteiger partial charge < -0.3 is 14.7 Å². The lowest BCUT2D eigenvalue weighted by Gasteiger charge is -2.30. The van der Waals surface area contributed by atoms with E-state index >= 15 is 0 Å². The van der Waals surface area contributed by atoms with Gasteiger partial charge in [0, 0.05) is 33.8 Å². The SMILES string of the molecule is C[Si](C)(C)CCOCn1c(=O)n(C2CCN(C(=O)O)CC2)c2nc(Cl)ccc21. The van der Waals surface area contributed by atoms with Crippen molar-refractivity contribution in [3.8, 4) is 0 Å². The number of amides is 1. The highest BCUT2D eigenvalue weighted by Gasteiger charge is 2.28. The molecule has 1 fully saturated rings. The lowest BCUT2D eigenvalue weighted by atomic mass is 10.1. The fourth-order valence-electron chi connectivity index (χ4n) is 3.43. The van der Waals surface area contributed by atoms with Gasteiger partial charge in [-0.3, -0.25) is 9.13 Å². The monoisotopic (exact) mass is 426 g/mol. The van der Waals surface area contributed by atoms with Crippen molar-refractivity contribution in [1.82, 2.24) is 19.0 Å². The smallest absolute Gasteiger partial charge is 0.407 e. The number of imidazole rings is 1. The highest BCUT2D eigenvalue weighted by molar-refractivity contribution is 6.76. The first-order chi connectivity index (χ1) is 13.2. The topological polar surface area (TPSA) is 89.6 Å². The zero-order chi connectivity index (χ0) is 20.5. The molecule has 0 aliphatic carbocycles. The molecule has 1 amide bonds. The van der Waals surface area contributed by atoms with E-state index in [1.165, 1.54) is 4.90 Å². The predicted molar refractivity (Wildman–Crippen MR) is 111 cm³/mol. The Morgan fingerprint density at radius 2 is 2.00 bits per heavy atom. The third-order valence-electron chi connectivity index (χ3n) is 5.09. The van der Waals surface area contributed by atoms with E-state index < -0.39 is 14.2 Å². The number of pyridine rings is 1. The molecule has 2 aromatic heterocycles. The van der Waals surface area contributed by atoms with E-state index in [0.717, 1.165) is 6.04 Å². The Balaban J connectivity index is 1.86. The molecule has 28 heavy (non-hydrogen) atoms. The fraction of sp³-hybridized carbons (Fsp3) is 0.611. The fourth-order valence-corrected chi connectivity index (χ4v) is 4.33. The number of hydrogen-bond donors (Lipinski definition) is 1.